The fourth-order valence-corrected chi connectivity index (χ4v) is 4.09. The maximum Gasteiger partial charge on any atom is 0.254 e. The van der Waals surface area contributed by atoms with Crippen molar-refractivity contribution in [2.24, 2.45) is 0 Å². The third-order valence-electron chi connectivity index (χ3n) is 4.25. The molecule has 0 radical (unpaired) electrons. The van der Waals surface area contributed by atoms with Crippen LogP contribution in [0.5, 0.6) is 0 Å². The fraction of sp³-hybridized carbons (Fsp3) is 0.444. The molecule has 1 aliphatic rings. The first-order valence-corrected chi connectivity index (χ1v) is 9.95. The second-order valence-corrected chi connectivity index (χ2v) is 8.24. The summed E-state index contributed by atoms with van der Waals surface area (Å²) >= 11 is 0. The molecule has 1 fully saturated rings. The van der Waals surface area contributed by atoms with Gasteiger partial charge in [-0.25, -0.2) is 8.42 Å². The predicted octanol–water partition coefficient (Wildman–Crippen LogP) is 1.23. The second kappa shape index (κ2) is 8.01. The van der Waals surface area contributed by atoms with Crippen molar-refractivity contribution >= 4 is 21.8 Å². The maximum atomic E-state index is 12.6. The van der Waals surface area contributed by atoms with Gasteiger partial charge in [0.05, 0.1) is 4.90 Å². The average molecular weight is 379 g/mol. The molecule has 1 aromatic rings. The maximum absolute atomic E-state index is 12.6. The summed E-state index contributed by atoms with van der Waals surface area (Å²) in [5, 5.41) is 0. The summed E-state index contributed by atoms with van der Waals surface area (Å²) in [5.41, 5.74) is 1.13. The predicted molar refractivity (Wildman–Crippen MR) is 99.2 cm³/mol. The van der Waals surface area contributed by atoms with Crippen LogP contribution < -0.4 is 4.72 Å². The first-order valence-electron chi connectivity index (χ1n) is 8.46. The Labute approximate surface area is 154 Å². The minimum absolute atomic E-state index is 0.0305. The summed E-state index contributed by atoms with van der Waals surface area (Å²) in [6.07, 6.45) is 0.426. The number of likely N-dealkylation sites (tertiary alicyclic amines) is 1. The van der Waals surface area contributed by atoms with Gasteiger partial charge in [0, 0.05) is 32.2 Å². The third-order valence-corrected chi connectivity index (χ3v) is 5.72. The summed E-state index contributed by atoms with van der Waals surface area (Å²) in [6.45, 7) is 8.90. The first kappa shape index (κ1) is 20.1. The molecule has 2 rings (SSSR count). The Hall–Kier alpha value is -2.19. The Balaban J connectivity index is 2.23. The fourth-order valence-electron chi connectivity index (χ4n) is 2.82. The molecule has 0 aromatic heterocycles. The van der Waals surface area contributed by atoms with Gasteiger partial charge in [-0.05, 0) is 38.5 Å². The average Bonchev–Trinajstić information content (AvgIpc) is 2.90. The molecule has 7 nitrogen and oxygen atoms in total. The summed E-state index contributed by atoms with van der Waals surface area (Å²) < 4.78 is 27.7. The summed E-state index contributed by atoms with van der Waals surface area (Å²) in [7, 11) is -2.26. The number of nitrogens with one attached hydrogen (secondary N) is 1. The van der Waals surface area contributed by atoms with Crippen molar-refractivity contribution in [1.82, 2.24) is 14.5 Å². The van der Waals surface area contributed by atoms with Gasteiger partial charge >= 0.3 is 0 Å². The Morgan fingerprint density at radius 2 is 2.12 bits per heavy atom. The molecule has 1 aliphatic heterocycles. The molecule has 0 bridgehead atoms. The number of amides is 2. The first-order chi connectivity index (χ1) is 12.2. The Morgan fingerprint density at radius 3 is 2.65 bits per heavy atom. The molecule has 1 heterocycles. The molecule has 1 atom stereocenters. The highest BCUT2D eigenvalue weighted by molar-refractivity contribution is 7.89. The van der Waals surface area contributed by atoms with Crippen LogP contribution >= 0.6 is 0 Å². The van der Waals surface area contributed by atoms with Crippen molar-refractivity contribution in [3.8, 4) is 0 Å². The normalized spacial score (nSPS) is 17.4. The van der Waals surface area contributed by atoms with Crippen molar-refractivity contribution in [3.05, 3.63) is 42.0 Å². The van der Waals surface area contributed by atoms with Crippen LogP contribution in [0.15, 0.2) is 41.3 Å². The number of hydrogen-bond acceptors (Lipinski definition) is 4. The van der Waals surface area contributed by atoms with Crippen LogP contribution in [0.3, 0.4) is 0 Å². The number of hydrogen-bond donors (Lipinski definition) is 1. The Morgan fingerprint density at radius 1 is 1.42 bits per heavy atom. The molecule has 2 amide bonds. The van der Waals surface area contributed by atoms with Crippen LogP contribution in [0.4, 0.5) is 0 Å². The topological polar surface area (TPSA) is 86.8 Å². The quantitative estimate of drug-likeness (QED) is 0.722. The lowest BCUT2D eigenvalue weighted by atomic mass is 10.2. The highest BCUT2D eigenvalue weighted by atomic mass is 32.2. The number of carbonyl (C=O) groups excluding carboxylic acids is 2. The van der Waals surface area contributed by atoms with Crippen molar-refractivity contribution in [2.45, 2.75) is 31.2 Å². The molecular weight excluding hydrogens is 354 g/mol. The lowest BCUT2D eigenvalue weighted by Crippen LogP contribution is -2.40. The zero-order valence-electron chi connectivity index (χ0n) is 15.4. The highest BCUT2D eigenvalue weighted by Crippen LogP contribution is 2.17. The van der Waals surface area contributed by atoms with E-state index in [9.17, 15) is 18.0 Å². The van der Waals surface area contributed by atoms with Crippen LogP contribution in [0.1, 0.15) is 30.6 Å². The minimum Gasteiger partial charge on any atom is -0.344 e. The number of sulfonamides is 1. The highest BCUT2D eigenvalue weighted by Gasteiger charge is 2.33. The van der Waals surface area contributed by atoms with Crippen LogP contribution in [0.25, 0.3) is 0 Å². The minimum atomic E-state index is -3.90. The van der Waals surface area contributed by atoms with E-state index in [1.165, 1.54) is 23.1 Å². The lowest BCUT2D eigenvalue weighted by Gasteiger charge is -2.21. The molecule has 0 spiro atoms. The van der Waals surface area contributed by atoms with E-state index in [0.29, 0.717) is 26.1 Å². The number of nitrogens with zero attached hydrogens (tertiary/aromatic N) is 2. The smallest absolute Gasteiger partial charge is 0.254 e. The number of carbonyl (C=O) groups is 2. The monoisotopic (exact) mass is 379 g/mol. The van der Waals surface area contributed by atoms with Crippen LogP contribution in [0.2, 0.25) is 0 Å². The standard InChI is InChI=1S/C18H25N3O4S/c1-5-21(12-13(2)3)17(22)14-7-6-8-15(11-14)26(24,25)19-16-9-10-20(4)18(16)23/h6-8,11,16,19H,2,5,9-10,12H2,1,3-4H3. The van der Waals surface area contributed by atoms with E-state index in [1.807, 2.05) is 13.8 Å². The molecule has 142 valence electrons. The van der Waals surface area contributed by atoms with E-state index in [1.54, 1.807) is 18.0 Å². The van der Waals surface area contributed by atoms with Gasteiger partial charge in [0.1, 0.15) is 6.04 Å². The molecule has 26 heavy (non-hydrogen) atoms. The van der Waals surface area contributed by atoms with Crippen molar-refractivity contribution < 1.29 is 18.0 Å². The number of likely N-dealkylation sites (N-methyl/N-ethyl adjacent to an activating group) is 2. The molecule has 1 unspecified atom stereocenters. The number of benzene rings is 1. The molecule has 1 aromatic carbocycles. The van der Waals surface area contributed by atoms with Crippen molar-refractivity contribution in [3.63, 3.8) is 0 Å². The summed E-state index contributed by atoms with van der Waals surface area (Å²) in [6, 6.07) is 5.10. The van der Waals surface area contributed by atoms with E-state index >= 15 is 0 Å². The molecule has 1 N–H and O–H groups in total. The van der Waals surface area contributed by atoms with Crippen molar-refractivity contribution in [2.75, 3.05) is 26.7 Å². The Kier molecular flexibility index (Phi) is 6.20. The van der Waals surface area contributed by atoms with Crippen LogP contribution in [-0.4, -0.2) is 62.8 Å². The summed E-state index contributed by atoms with van der Waals surface area (Å²) in [4.78, 5) is 27.6. The molecular formula is C18H25N3O4S. The van der Waals surface area contributed by atoms with Crippen LogP contribution in [-0.2, 0) is 14.8 Å². The van der Waals surface area contributed by atoms with E-state index in [2.05, 4.69) is 11.3 Å². The zero-order chi connectivity index (χ0) is 19.5. The molecule has 1 saturated heterocycles. The van der Waals surface area contributed by atoms with Gasteiger partial charge < -0.3 is 9.80 Å². The second-order valence-electron chi connectivity index (χ2n) is 6.53. The largest absolute Gasteiger partial charge is 0.344 e. The van der Waals surface area contributed by atoms with E-state index < -0.39 is 16.1 Å². The zero-order valence-corrected chi connectivity index (χ0v) is 16.2. The third kappa shape index (κ3) is 4.50. The van der Waals surface area contributed by atoms with Gasteiger partial charge in [-0.3, -0.25) is 9.59 Å². The van der Waals surface area contributed by atoms with Crippen LogP contribution in [0, 0.1) is 0 Å². The molecule has 0 saturated carbocycles. The van der Waals surface area contributed by atoms with E-state index in [0.717, 1.165) is 5.57 Å². The molecule has 0 aliphatic carbocycles. The lowest BCUT2D eigenvalue weighted by molar-refractivity contribution is -0.127. The van der Waals surface area contributed by atoms with Crippen molar-refractivity contribution in [1.29, 1.82) is 0 Å². The number of rotatable bonds is 7. The van der Waals surface area contributed by atoms with Gasteiger partial charge in [-0.1, -0.05) is 18.2 Å². The van der Waals surface area contributed by atoms with Gasteiger partial charge in [0.2, 0.25) is 15.9 Å². The Bertz CT molecular complexity index is 819. The van der Waals surface area contributed by atoms with Gasteiger partial charge in [0.15, 0.2) is 0 Å². The SMILES string of the molecule is C=C(C)CN(CC)C(=O)c1cccc(S(=O)(=O)NC2CCN(C)C2=O)c1. The van der Waals surface area contributed by atoms with Gasteiger partial charge in [-0.2, -0.15) is 4.72 Å². The molecule has 8 heteroatoms. The van der Waals surface area contributed by atoms with E-state index in [-0.39, 0.29) is 22.3 Å². The van der Waals surface area contributed by atoms with Gasteiger partial charge in [0.25, 0.3) is 5.91 Å². The van der Waals surface area contributed by atoms with Gasteiger partial charge in [-0.15, -0.1) is 0 Å². The summed E-state index contributed by atoms with van der Waals surface area (Å²) in [5.74, 6) is -0.511. The van der Waals surface area contributed by atoms with E-state index in [4.69, 9.17) is 0 Å².